The van der Waals surface area contributed by atoms with Gasteiger partial charge >= 0.3 is 0 Å². The lowest BCUT2D eigenvalue weighted by atomic mass is 10.2. The summed E-state index contributed by atoms with van der Waals surface area (Å²) in [5, 5.41) is 12.1. The Bertz CT molecular complexity index is 687. The van der Waals surface area contributed by atoms with Gasteiger partial charge in [0.05, 0.1) is 12.3 Å². The Morgan fingerprint density at radius 1 is 1.50 bits per heavy atom. The van der Waals surface area contributed by atoms with Gasteiger partial charge in [-0.3, -0.25) is 9.79 Å². The van der Waals surface area contributed by atoms with Crippen molar-refractivity contribution in [3.8, 4) is 5.88 Å². The molecule has 6 nitrogen and oxygen atoms in total. The molecule has 0 aliphatic rings. The molecular formula is C17H23N3O3S. The molecular weight excluding hydrogens is 326 g/mol. The SMILES string of the molecule is C=C/C=C(\C=C(/C)NC(=O)CO)c1nc(OCC)c(C(C)=NC)s1. The normalized spacial score (nSPS) is 13.0. The lowest BCUT2D eigenvalue weighted by Crippen LogP contribution is -2.24. The van der Waals surface area contributed by atoms with Crippen molar-refractivity contribution in [3.05, 3.63) is 40.4 Å². The lowest BCUT2D eigenvalue weighted by molar-refractivity contribution is -0.123. The first kappa shape index (κ1) is 19.8. The molecule has 24 heavy (non-hydrogen) atoms. The first-order chi connectivity index (χ1) is 11.5. The third-order valence-corrected chi connectivity index (χ3v) is 4.13. The van der Waals surface area contributed by atoms with Crippen LogP contribution < -0.4 is 10.1 Å². The molecule has 1 heterocycles. The summed E-state index contributed by atoms with van der Waals surface area (Å²) in [7, 11) is 1.72. The zero-order valence-electron chi connectivity index (χ0n) is 14.4. The molecule has 0 radical (unpaired) electrons. The summed E-state index contributed by atoms with van der Waals surface area (Å²) in [6, 6.07) is 0. The molecule has 7 heteroatoms. The van der Waals surface area contributed by atoms with Gasteiger partial charge in [-0.05, 0) is 26.8 Å². The van der Waals surface area contributed by atoms with Crippen LogP contribution in [0.2, 0.25) is 0 Å². The fourth-order valence-electron chi connectivity index (χ4n) is 1.83. The van der Waals surface area contributed by atoms with Gasteiger partial charge in [0.2, 0.25) is 11.8 Å². The minimum absolute atomic E-state index is 0.467. The molecule has 0 bridgehead atoms. The summed E-state index contributed by atoms with van der Waals surface area (Å²) in [6.07, 6.45) is 5.21. The van der Waals surface area contributed by atoms with Crippen LogP contribution >= 0.6 is 11.3 Å². The van der Waals surface area contributed by atoms with E-state index in [0.717, 1.165) is 21.2 Å². The van der Waals surface area contributed by atoms with Gasteiger partial charge in [0, 0.05) is 18.3 Å². The first-order valence-corrected chi connectivity index (χ1v) is 8.27. The standard InChI is InChI=1S/C17H23N3O3S/c1-6-8-13(9-11(3)19-14(22)10-21)17-20-16(23-7-2)15(24-17)12(4)18-5/h6,8-9,21H,1,7,10H2,2-5H3,(H,19,22)/b11-9+,13-8+,18-12?. The third kappa shape index (κ3) is 5.43. The largest absolute Gasteiger partial charge is 0.477 e. The molecule has 0 unspecified atom stereocenters. The summed E-state index contributed by atoms with van der Waals surface area (Å²) in [4.78, 5) is 20.9. The monoisotopic (exact) mass is 349 g/mol. The summed E-state index contributed by atoms with van der Waals surface area (Å²) >= 11 is 1.46. The van der Waals surface area contributed by atoms with E-state index in [9.17, 15) is 4.79 Å². The van der Waals surface area contributed by atoms with Crippen molar-refractivity contribution < 1.29 is 14.6 Å². The van der Waals surface area contributed by atoms with Crippen LogP contribution in [0.4, 0.5) is 0 Å². The van der Waals surface area contributed by atoms with E-state index in [-0.39, 0.29) is 0 Å². The second-order valence-corrected chi connectivity index (χ2v) is 5.79. The van der Waals surface area contributed by atoms with Gasteiger partial charge in [-0.1, -0.05) is 18.7 Å². The number of carbonyl (C=O) groups excluding carboxylic acids is 1. The smallest absolute Gasteiger partial charge is 0.249 e. The number of carbonyl (C=O) groups is 1. The van der Waals surface area contributed by atoms with Crippen molar-refractivity contribution in [2.45, 2.75) is 20.8 Å². The second kappa shape index (κ2) is 9.79. The Kier molecular flexibility index (Phi) is 8.08. The molecule has 0 spiro atoms. The van der Waals surface area contributed by atoms with Gasteiger partial charge in [0.1, 0.15) is 16.5 Å². The number of aromatic nitrogens is 1. The molecule has 0 fully saturated rings. The van der Waals surface area contributed by atoms with Crippen molar-refractivity contribution in [1.29, 1.82) is 0 Å². The van der Waals surface area contributed by atoms with E-state index in [2.05, 4.69) is 21.9 Å². The Labute approximate surface area is 146 Å². The number of hydrogen-bond donors (Lipinski definition) is 2. The van der Waals surface area contributed by atoms with Crippen LogP contribution in [0.3, 0.4) is 0 Å². The minimum Gasteiger partial charge on any atom is -0.477 e. The molecule has 2 N–H and O–H groups in total. The predicted molar refractivity (Wildman–Crippen MR) is 98.6 cm³/mol. The van der Waals surface area contributed by atoms with E-state index in [1.165, 1.54) is 11.3 Å². The Morgan fingerprint density at radius 2 is 2.21 bits per heavy atom. The molecule has 1 amide bonds. The van der Waals surface area contributed by atoms with Gasteiger partial charge in [-0.25, -0.2) is 4.98 Å². The van der Waals surface area contributed by atoms with E-state index in [4.69, 9.17) is 9.84 Å². The number of allylic oxidation sites excluding steroid dienone is 5. The van der Waals surface area contributed by atoms with Crippen molar-refractivity contribution in [3.63, 3.8) is 0 Å². The molecule has 1 aromatic rings. The zero-order chi connectivity index (χ0) is 18.1. The van der Waals surface area contributed by atoms with Crippen LogP contribution in [0, 0.1) is 0 Å². The number of hydrogen-bond acceptors (Lipinski definition) is 6. The van der Waals surface area contributed by atoms with Crippen LogP contribution in [0.1, 0.15) is 30.7 Å². The number of aliphatic hydroxyl groups excluding tert-OH is 1. The Morgan fingerprint density at radius 3 is 2.75 bits per heavy atom. The third-order valence-electron chi connectivity index (χ3n) is 2.94. The molecule has 0 aromatic carbocycles. The zero-order valence-corrected chi connectivity index (χ0v) is 15.2. The van der Waals surface area contributed by atoms with Crippen molar-refractivity contribution >= 4 is 28.5 Å². The molecule has 130 valence electrons. The molecule has 0 saturated heterocycles. The van der Waals surface area contributed by atoms with Gasteiger partial charge in [0.25, 0.3) is 0 Å². The maximum Gasteiger partial charge on any atom is 0.249 e. The van der Waals surface area contributed by atoms with Gasteiger partial charge in [0.15, 0.2) is 0 Å². The van der Waals surface area contributed by atoms with E-state index in [0.29, 0.717) is 18.2 Å². The molecule has 1 rings (SSSR count). The molecule has 0 aliphatic heterocycles. The van der Waals surface area contributed by atoms with Crippen LogP contribution in [0.5, 0.6) is 5.88 Å². The number of thiazole rings is 1. The summed E-state index contributed by atoms with van der Waals surface area (Å²) in [5.41, 5.74) is 2.22. The molecule has 0 saturated carbocycles. The topological polar surface area (TPSA) is 83.8 Å². The summed E-state index contributed by atoms with van der Waals surface area (Å²) in [6.45, 7) is 9.20. The number of amides is 1. The molecule has 1 aromatic heterocycles. The Balaban J connectivity index is 3.27. The van der Waals surface area contributed by atoms with E-state index in [1.807, 2.05) is 13.8 Å². The van der Waals surface area contributed by atoms with Crippen molar-refractivity contribution in [1.82, 2.24) is 10.3 Å². The Hall–Kier alpha value is -2.25. The fourth-order valence-corrected chi connectivity index (χ4v) is 2.83. The van der Waals surface area contributed by atoms with Crippen LogP contribution in [0.25, 0.3) is 5.57 Å². The second-order valence-electron chi connectivity index (χ2n) is 4.79. The number of rotatable bonds is 8. The van der Waals surface area contributed by atoms with Crippen molar-refractivity contribution in [2.24, 2.45) is 4.99 Å². The number of aliphatic hydroxyl groups is 1. The summed E-state index contributed by atoms with van der Waals surface area (Å²) < 4.78 is 5.60. The molecule has 0 aliphatic carbocycles. The average Bonchev–Trinajstić information content (AvgIpc) is 2.97. The average molecular weight is 349 g/mol. The summed E-state index contributed by atoms with van der Waals surface area (Å²) in [5.74, 6) is 0.0755. The van der Waals surface area contributed by atoms with Crippen molar-refractivity contribution in [2.75, 3.05) is 20.3 Å². The van der Waals surface area contributed by atoms with E-state index >= 15 is 0 Å². The van der Waals surface area contributed by atoms with E-state index < -0.39 is 12.5 Å². The predicted octanol–water partition coefficient (Wildman–Crippen LogP) is 2.56. The number of aliphatic imine (C=N–C) groups is 1. The molecule has 0 atom stereocenters. The van der Waals surface area contributed by atoms with Crippen LogP contribution in [-0.4, -0.2) is 42.0 Å². The highest BCUT2D eigenvalue weighted by Crippen LogP contribution is 2.31. The van der Waals surface area contributed by atoms with Gasteiger partial charge < -0.3 is 15.2 Å². The number of nitrogens with zero attached hydrogens (tertiary/aromatic N) is 2. The number of ether oxygens (including phenoxy) is 1. The number of nitrogens with one attached hydrogen (secondary N) is 1. The maximum atomic E-state index is 11.3. The fraction of sp³-hybridized carbons (Fsp3) is 0.353. The minimum atomic E-state index is -0.562. The quantitative estimate of drug-likeness (QED) is 0.558. The van der Waals surface area contributed by atoms with Gasteiger partial charge in [-0.15, -0.1) is 11.3 Å². The maximum absolute atomic E-state index is 11.3. The van der Waals surface area contributed by atoms with Crippen LogP contribution in [0.15, 0.2) is 35.5 Å². The highest BCUT2D eigenvalue weighted by Gasteiger charge is 2.16. The van der Waals surface area contributed by atoms with E-state index in [1.54, 1.807) is 32.2 Å². The highest BCUT2D eigenvalue weighted by molar-refractivity contribution is 7.15. The highest BCUT2D eigenvalue weighted by atomic mass is 32.1. The van der Waals surface area contributed by atoms with Gasteiger partial charge in [-0.2, -0.15) is 0 Å². The first-order valence-electron chi connectivity index (χ1n) is 7.46. The van der Waals surface area contributed by atoms with Crippen LogP contribution in [-0.2, 0) is 4.79 Å². The lowest BCUT2D eigenvalue weighted by Gasteiger charge is -2.04.